The summed E-state index contributed by atoms with van der Waals surface area (Å²) in [6.07, 6.45) is 4.84. The van der Waals surface area contributed by atoms with Gasteiger partial charge in [-0.15, -0.1) is 6.42 Å². The Kier molecular flexibility index (Phi) is 2.91. The van der Waals surface area contributed by atoms with Crippen molar-refractivity contribution in [2.45, 2.75) is 19.4 Å². The van der Waals surface area contributed by atoms with Gasteiger partial charge in [-0.25, -0.2) is 4.79 Å². The summed E-state index contributed by atoms with van der Waals surface area (Å²) in [4.78, 5) is 10.7. The molecule has 10 heavy (non-hydrogen) atoms. The lowest BCUT2D eigenvalue weighted by Crippen LogP contribution is -2.34. The Morgan fingerprint density at radius 1 is 1.90 bits per heavy atom. The molecule has 0 radical (unpaired) electrons. The van der Waals surface area contributed by atoms with Crippen molar-refractivity contribution in [3.05, 3.63) is 0 Å². The summed E-state index contributed by atoms with van der Waals surface area (Å²) in [5, 5.41) is 9.01. The Bertz CT molecular complexity index is 164. The zero-order chi connectivity index (χ0) is 8.20. The van der Waals surface area contributed by atoms with E-state index in [4.69, 9.17) is 11.5 Å². The van der Waals surface area contributed by atoms with Crippen LogP contribution in [0.4, 0.5) is 0 Å². The first kappa shape index (κ1) is 8.99. The monoisotopic (exact) mass is 142 g/mol. The summed E-state index contributed by atoms with van der Waals surface area (Å²) in [6.45, 7) is 3.08. The van der Waals surface area contributed by atoms with E-state index in [-0.39, 0.29) is 6.61 Å². The van der Waals surface area contributed by atoms with Crippen molar-refractivity contribution in [3.8, 4) is 12.3 Å². The van der Waals surface area contributed by atoms with E-state index in [1.54, 1.807) is 6.92 Å². The van der Waals surface area contributed by atoms with Crippen LogP contribution >= 0.6 is 0 Å². The Morgan fingerprint density at radius 3 is 2.70 bits per heavy atom. The molecule has 0 aliphatic carbocycles. The van der Waals surface area contributed by atoms with Gasteiger partial charge in [-0.2, -0.15) is 0 Å². The number of terminal acetylenes is 1. The largest absolute Gasteiger partial charge is 0.463 e. The van der Waals surface area contributed by atoms with E-state index in [9.17, 15) is 4.79 Å². The molecule has 0 fully saturated rings. The van der Waals surface area contributed by atoms with E-state index < -0.39 is 11.6 Å². The van der Waals surface area contributed by atoms with Gasteiger partial charge in [0, 0.05) is 0 Å². The molecule has 0 aromatic heterocycles. The number of rotatable bonds is 2. The number of esters is 1. The second kappa shape index (κ2) is 3.23. The van der Waals surface area contributed by atoms with Crippen LogP contribution in [0, 0.1) is 12.3 Å². The molecule has 56 valence electrons. The summed E-state index contributed by atoms with van der Waals surface area (Å²) in [6, 6.07) is 0. The minimum atomic E-state index is -1.78. The Hall–Kier alpha value is -1.01. The molecule has 1 unspecified atom stereocenters. The van der Waals surface area contributed by atoms with E-state index in [2.05, 4.69) is 4.74 Å². The van der Waals surface area contributed by atoms with Crippen LogP contribution in [0.25, 0.3) is 0 Å². The molecule has 3 heteroatoms. The smallest absolute Gasteiger partial charge is 0.350 e. The molecule has 0 aromatic rings. The van der Waals surface area contributed by atoms with Crippen LogP contribution < -0.4 is 0 Å². The molecule has 0 aliphatic heterocycles. The van der Waals surface area contributed by atoms with Crippen LogP contribution in [0.15, 0.2) is 0 Å². The normalized spacial score (nSPS) is 15.0. The number of hydrogen-bond donors (Lipinski definition) is 1. The standard InChI is InChI=1S/C7H10O3/c1-4-7(3,9)6(8)10-5-2/h1,9H,5H2,2-3H3. The van der Waals surface area contributed by atoms with E-state index >= 15 is 0 Å². The summed E-state index contributed by atoms with van der Waals surface area (Å²) >= 11 is 0. The quantitative estimate of drug-likeness (QED) is 0.433. The molecule has 0 saturated heterocycles. The van der Waals surface area contributed by atoms with Gasteiger partial charge in [-0.05, 0) is 13.8 Å². The van der Waals surface area contributed by atoms with Crippen molar-refractivity contribution < 1.29 is 14.6 Å². The predicted octanol–water partition coefficient (Wildman–Crippen LogP) is -0.0663. The first-order valence-corrected chi connectivity index (χ1v) is 2.92. The van der Waals surface area contributed by atoms with Crippen molar-refractivity contribution in [1.29, 1.82) is 0 Å². The highest BCUT2D eigenvalue weighted by molar-refractivity contribution is 5.82. The average Bonchev–Trinajstić information content (AvgIpc) is 1.89. The van der Waals surface area contributed by atoms with Crippen molar-refractivity contribution >= 4 is 5.97 Å². The SMILES string of the molecule is C#CC(C)(O)C(=O)OCC. The third kappa shape index (κ3) is 2.08. The van der Waals surface area contributed by atoms with Crippen LogP contribution in [0.1, 0.15) is 13.8 Å². The number of aliphatic hydroxyl groups is 1. The van der Waals surface area contributed by atoms with Gasteiger partial charge in [-0.3, -0.25) is 0 Å². The van der Waals surface area contributed by atoms with Crippen molar-refractivity contribution in [3.63, 3.8) is 0 Å². The lowest BCUT2D eigenvalue weighted by Gasteiger charge is -2.12. The summed E-state index contributed by atoms with van der Waals surface area (Å²) < 4.78 is 4.47. The lowest BCUT2D eigenvalue weighted by molar-refractivity contribution is -0.157. The van der Waals surface area contributed by atoms with Gasteiger partial charge in [0.05, 0.1) is 6.61 Å². The molecule has 0 spiro atoms. The van der Waals surface area contributed by atoms with Gasteiger partial charge in [0.2, 0.25) is 5.60 Å². The molecule has 0 aliphatic rings. The van der Waals surface area contributed by atoms with Crippen molar-refractivity contribution in [2.75, 3.05) is 6.61 Å². The van der Waals surface area contributed by atoms with Gasteiger partial charge in [0.1, 0.15) is 0 Å². The number of ether oxygens (including phenoxy) is 1. The molecule has 0 amide bonds. The molecule has 1 atom stereocenters. The zero-order valence-corrected chi connectivity index (χ0v) is 6.05. The number of carbonyl (C=O) groups is 1. The maximum Gasteiger partial charge on any atom is 0.350 e. The minimum Gasteiger partial charge on any atom is -0.463 e. The van der Waals surface area contributed by atoms with Gasteiger partial charge in [-0.1, -0.05) is 5.92 Å². The molecule has 0 aromatic carbocycles. The summed E-state index contributed by atoms with van der Waals surface area (Å²) in [5.74, 6) is 1.13. The van der Waals surface area contributed by atoms with Crippen molar-refractivity contribution in [2.24, 2.45) is 0 Å². The van der Waals surface area contributed by atoms with E-state index in [1.165, 1.54) is 6.92 Å². The first-order valence-electron chi connectivity index (χ1n) is 2.92. The maximum absolute atomic E-state index is 10.7. The van der Waals surface area contributed by atoms with Gasteiger partial charge in [0.15, 0.2) is 0 Å². The predicted molar refractivity (Wildman–Crippen MR) is 36.1 cm³/mol. The first-order chi connectivity index (χ1) is 4.54. The van der Waals surface area contributed by atoms with Crippen LogP contribution in [-0.2, 0) is 9.53 Å². The van der Waals surface area contributed by atoms with Crippen LogP contribution in [0.2, 0.25) is 0 Å². The Labute approximate surface area is 60.0 Å². The highest BCUT2D eigenvalue weighted by atomic mass is 16.5. The average molecular weight is 142 g/mol. The summed E-state index contributed by atoms with van der Waals surface area (Å²) in [7, 11) is 0. The number of carbonyl (C=O) groups excluding carboxylic acids is 1. The molecular formula is C7H10O3. The fraction of sp³-hybridized carbons (Fsp3) is 0.571. The van der Waals surface area contributed by atoms with Crippen molar-refractivity contribution in [1.82, 2.24) is 0 Å². The second-order valence-corrected chi connectivity index (χ2v) is 1.94. The summed E-state index contributed by atoms with van der Waals surface area (Å²) in [5.41, 5.74) is -1.78. The highest BCUT2D eigenvalue weighted by Crippen LogP contribution is 2.02. The molecule has 0 rings (SSSR count). The van der Waals surface area contributed by atoms with Crippen LogP contribution in [-0.4, -0.2) is 23.3 Å². The molecule has 0 heterocycles. The molecular weight excluding hydrogens is 132 g/mol. The van der Waals surface area contributed by atoms with Gasteiger partial charge >= 0.3 is 5.97 Å². The van der Waals surface area contributed by atoms with Crippen LogP contribution in [0.3, 0.4) is 0 Å². The van der Waals surface area contributed by atoms with E-state index in [0.717, 1.165) is 0 Å². The highest BCUT2D eigenvalue weighted by Gasteiger charge is 2.28. The number of hydrogen-bond acceptors (Lipinski definition) is 3. The van der Waals surface area contributed by atoms with E-state index in [1.807, 2.05) is 5.92 Å². The molecule has 0 bridgehead atoms. The minimum absolute atomic E-state index is 0.219. The zero-order valence-electron chi connectivity index (χ0n) is 6.05. The topological polar surface area (TPSA) is 46.5 Å². The fourth-order valence-corrected chi connectivity index (χ4v) is 0.331. The van der Waals surface area contributed by atoms with Gasteiger partial charge in [0.25, 0.3) is 0 Å². The Balaban J connectivity index is 4.09. The molecule has 1 N–H and O–H groups in total. The Morgan fingerprint density at radius 2 is 2.40 bits per heavy atom. The van der Waals surface area contributed by atoms with Crippen LogP contribution in [0.5, 0.6) is 0 Å². The van der Waals surface area contributed by atoms with E-state index in [0.29, 0.717) is 0 Å². The second-order valence-electron chi connectivity index (χ2n) is 1.94. The molecule has 3 nitrogen and oxygen atoms in total. The molecule has 0 saturated carbocycles. The van der Waals surface area contributed by atoms with Gasteiger partial charge < -0.3 is 9.84 Å². The fourth-order valence-electron chi connectivity index (χ4n) is 0.331. The maximum atomic E-state index is 10.7. The third-order valence-corrected chi connectivity index (χ3v) is 0.954. The lowest BCUT2D eigenvalue weighted by atomic mass is 10.1. The third-order valence-electron chi connectivity index (χ3n) is 0.954.